The number of hydrogen-bond acceptors (Lipinski definition) is 5. The molecule has 1 atom stereocenters. The first-order valence-electron chi connectivity index (χ1n) is 6.48. The zero-order valence-corrected chi connectivity index (χ0v) is 11.2. The van der Waals surface area contributed by atoms with Gasteiger partial charge < -0.3 is 14.2 Å². The zero-order chi connectivity index (χ0) is 13.2. The quantitative estimate of drug-likeness (QED) is 0.909. The van der Waals surface area contributed by atoms with Crippen LogP contribution < -0.4 is 0 Å². The highest BCUT2D eigenvalue weighted by Gasteiger charge is 2.27. The minimum atomic E-state index is 0.152. The Morgan fingerprint density at radius 3 is 3.05 bits per heavy atom. The topological polar surface area (TPSA) is 67.2 Å². The van der Waals surface area contributed by atoms with E-state index in [4.69, 9.17) is 9.26 Å². The van der Waals surface area contributed by atoms with Gasteiger partial charge in [0.1, 0.15) is 11.6 Å². The molecule has 1 aliphatic rings. The largest absolute Gasteiger partial charge is 0.378 e. The summed E-state index contributed by atoms with van der Waals surface area (Å²) in [6.45, 7) is 6.94. The lowest BCUT2D eigenvalue weighted by atomic mass is 10.2. The average molecular weight is 262 g/mol. The highest BCUT2D eigenvalue weighted by molar-refractivity contribution is 5.07. The minimum absolute atomic E-state index is 0.152. The molecule has 1 aliphatic heterocycles. The maximum Gasteiger partial charge on any atom is 0.133 e. The molecule has 102 valence electrons. The van der Waals surface area contributed by atoms with Crippen LogP contribution in [0.25, 0.3) is 0 Å². The van der Waals surface area contributed by atoms with Crippen molar-refractivity contribution in [2.45, 2.75) is 26.4 Å². The highest BCUT2D eigenvalue weighted by Crippen LogP contribution is 2.23. The maximum atomic E-state index is 5.57. The fourth-order valence-electron chi connectivity index (χ4n) is 2.38. The molecular weight excluding hydrogens is 244 g/mol. The molecule has 6 nitrogen and oxygen atoms in total. The number of ether oxygens (including phenoxy) is 1. The summed E-state index contributed by atoms with van der Waals surface area (Å²) < 4.78 is 10.7. The lowest BCUT2D eigenvalue weighted by molar-refractivity contribution is -0.0165. The molecular formula is C13H18N4O2. The van der Waals surface area contributed by atoms with E-state index in [1.54, 1.807) is 0 Å². The van der Waals surface area contributed by atoms with E-state index in [2.05, 4.69) is 20.0 Å². The molecule has 0 aliphatic carbocycles. The number of aryl methyl sites for hydroxylation is 2. The third-order valence-electron chi connectivity index (χ3n) is 3.32. The van der Waals surface area contributed by atoms with Crippen LogP contribution in [0.4, 0.5) is 0 Å². The van der Waals surface area contributed by atoms with Crippen molar-refractivity contribution in [2.75, 3.05) is 19.8 Å². The van der Waals surface area contributed by atoms with E-state index in [9.17, 15) is 0 Å². The lowest BCUT2D eigenvalue weighted by Gasteiger charge is -2.33. The van der Waals surface area contributed by atoms with Crippen molar-refractivity contribution >= 4 is 0 Å². The van der Waals surface area contributed by atoms with E-state index >= 15 is 0 Å². The summed E-state index contributed by atoms with van der Waals surface area (Å²) >= 11 is 0. The van der Waals surface area contributed by atoms with Crippen LogP contribution in [0.15, 0.2) is 16.8 Å². The molecule has 0 spiro atoms. The Bertz CT molecular complexity index is 548. The van der Waals surface area contributed by atoms with E-state index in [-0.39, 0.29) is 6.04 Å². The van der Waals surface area contributed by atoms with Gasteiger partial charge in [0.15, 0.2) is 0 Å². The first kappa shape index (κ1) is 12.4. The molecule has 0 bridgehead atoms. The third-order valence-corrected chi connectivity index (χ3v) is 3.32. The van der Waals surface area contributed by atoms with Gasteiger partial charge in [0, 0.05) is 31.0 Å². The van der Waals surface area contributed by atoms with Crippen molar-refractivity contribution in [1.29, 1.82) is 0 Å². The van der Waals surface area contributed by atoms with Gasteiger partial charge in [-0.2, -0.15) is 0 Å². The molecule has 0 aromatic carbocycles. The van der Waals surface area contributed by atoms with E-state index in [0.717, 1.165) is 42.7 Å². The Hall–Kier alpha value is -1.66. The predicted molar refractivity (Wildman–Crippen MR) is 68.5 cm³/mol. The number of nitrogens with one attached hydrogen (secondary N) is 1. The average Bonchev–Trinajstić information content (AvgIpc) is 2.99. The highest BCUT2D eigenvalue weighted by atomic mass is 16.5. The van der Waals surface area contributed by atoms with E-state index in [0.29, 0.717) is 6.61 Å². The smallest absolute Gasteiger partial charge is 0.133 e. The van der Waals surface area contributed by atoms with Gasteiger partial charge in [0.25, 0.3) is 0 Å². The number of imidazole rings is 1. The van der Waals surface area contributed by atoms with Crippen LogP contribution in [-0.4, -0.2) is 39.8 Å². The Morgan fingerprint density at radius 1 is 1.47 bits per heavy atom. The summed E-state index contributed by atoms with van der Waals surface area (Å²) in [5, 5.41) is 4.06. The number of nitrogens with zero attached hydrogens (tertiary/aromatic N) is 3. The van der Waals surface area contributed by atoms with Crippen LogP contribution in [-0.2, 0) is 11.3 Å². The van der Waals surface area contributed by atoms with Gasteiger partial charge >= 0.3 is 0 Å². The number of morpholine rings is 1. The predicted octanol–water partition coefficient (Wildman–Crippen LogP) is 1.59. The maximum absolute atomic E-state index is 5.57. The van der Waals surface area contributed by atoms with Crippen LogP contribution in [0.5, 0.6) is 0 Å². The molecule has 0 saturated carbocycles. The number of rotatable bonds is 3. The summed E-state index contributed by atoms with van der Waals surface area (Å²) in [4.78, 5) is 10.0. The Kier molecular flexibility index (Phi) is 3.35. The van der Waals surface area contributed by atoms with Gasteiger partial charge in [0.05, 0.1) is 24.9 Å². The number of aromatic nitrogens is 3. The van der Waals surface area contributed by atoms with Crippen LogP contribution in [0, 0.1) is 13.8 Å². The molecule has 19 heavy (non-hydrogen) atoms. The Labute approximate surface area is 111 Å². The fraction of sp³-hybridized carbons (Fsp3) is 0.538. The van der Waals surface area contributed by atoms with Gasteiger partial charge in [-0.15, -0.1) is 0 Å². The summed E-state index contributed by atoms with van der Waals surface area (Å²) in [5.74, 6) is 1.80. The van der Waals surface area contributed by atoms with E-state index < -0.39 is 0 Å². The number of H-pyrrole nitrogens is 1. The van der Waals surface area contributed by atoms with Crippen molar-refractivity contribution in [3.05, 3.63) is 35.2 Å². The molecule has 2 aromatic rings. The first-order valence-corrected chi connectivity index (χ1v) is 6.48. The number of hydrogen-bond donors (Lipinski definition) is 1. The molecule has 6 heteroatoms. The van der Waals surface area contributed by atoms with Gasteiger partial charge in [-0.05, 0) is 13.8 Å². The second-order valence-electron chi connectivity index (χ2n) is 4.94. The van der Waals surface area contributed by atoms with Crippen molar-refractivity contribution < 1.29 is 9.26 Å². The number of aromatic amines is 1. The Morgan fingerprint density at radius 2 is 2.37 bits per heavy atom. The van der Waals surface area contributed by atoms with Crippen molar-refractivity contribution in [3.8, 4) is 0 Å². The van der Waals surface area contributed by atoms with Crippen LogP contribution in [0.1, 0.15) is 29.0 Å². The van der Waals surface area contributed by atoms with Crippen molar-refractivity contribution in [1.82, 2.24) is 20.0 Å². The van der Waals surface area contributed by atoms with Crippen molar-refractivity contribution in [3.63, 3.8) is 0 Å². The molecule has 0 amide bonds. The second-order valence-corrected chi connectivity index (χ2v) is 4.94. The fourth-order valence-corrected chi connectivity index (χ4v) is 2.38. The lowest BCUT2D eigenvalue weighted by Crippen LogP contribution is -2.39. The van der Waals surface area contributed by atoms with Crippen LogP contribution >= 0.6 is 0 Å². The summed E-state index contributed by atoms with van der Waals surface area (Å²) in [5.41, 5.74) is 2.02. The van der Waals surface area contributed by atoms with Gasteiger partial charge in [-0.1, -0.05) is 5.16 Å². The standard InChI is InChI=1S/C13H18N4O2/c1-9-6-14-13(15-9)12-8-18-4-3-17(12)7-11-5-10(2)19-16-11/h5-6,12H,3-4,7-8H2,1-2H3,(H,14,15). The SMILES string of the molecule is Cc1cnc(C2COCCN2Cc2cc(C)on2)[nH]1. The molecule has 0 radical (unpaired) electrons. The molecule has 3 heterocycles. The van der Waals surface area contributed by atoms with Gasteiger partial charge in [0.2, 0.25) is 0 Å². The monoisotopic (exact) mass is 262 g/mol. The second kappa shape index (κ2) is 5.14. The molecule has 1 saturated heterocycles. The Balaban J connectivity index is 1.77. The van der Waals surface area contributed by atoms with Gasteiger partial charge in [-0.25, -0.2) is 4.98 Å². The summed E-state index contributed by atoms with van der Waals surface area (Å²) in [7, 11) is 0. The van der Waals surface area contributed by atoms with E-state index in [1.807, 2.05) is 26.1 Å². The third kappa shape index (κ3) is 2.69. The molecule has 2 aromatic heterocycles. The van der Waals surface area contributed by atoms with Crippen LogP contribution in [0.2, 0.25) is 0 Å². The minimum Gasteiger partial charge on any atom is -0.378 e. The van der Waals surface area contributed by atoms with E-state index in [1.165, 1.54) is 0 Å². The van der Waals surface area contributed by atoms with Crippen molar-refractivity contribution in [2.24, 2.45) is 0 Å². The molecule has 3 rings (SSSR count). The molecule has 1 unspecified atom stereocenters. The molecule has 1 N–H and O–H groups in total. The van der Waals surface area contributed by atoms with Gasteiger partial charge in [-0.3, -0.25) is 4.90 Å². The summed E-state index contributed by atoms with van der Waals surface area (Å²) in [6, 6.07) is 2.12. The normalized spacial score (nSPS) is 20.8. The first-order chi connectivity index (χ1) is 9.22. The van der Waals surface area contributed by atoms with Crippen LogP contribution in [0.3, 0.4) is 0 Å². The zero-order valence-electron chi connectivity index (χ0n) is 11.2. The summed E-state index contributed by atoms with van der Waals surface area (Å²) in [6.07, 6.45) is 1.85. The molecule has 1 fully saturated rings.